The number of hydrogen-bond acceptors (Lipinski definition) is 2. The van der Waals surface area contributed by atoms with E-state index in [0.717, 1.165) is 16.7 Å². The van der Waals surface area contributed by atoms with E-state index in [1.54, 1.807) is 4.90 Å². The number of carbonyl (C=O) groups excluding carboxylic acids is 2. The van der Waals surface area contributed by atoms with Crippen LogP contribution in [0.2, 0.25) is 0 Å². The lowest BCUT2D eigenvalue weighted by atomic mass is 10.1. The molecule has 0 saturated heterocycles. The maximum Gasteiger partial charge on any atom is 0.242 e. The molecule has 2 aromatic carbocycles. The van der Waals surface area contributed by atoms with E-state index in [9.17, 15) is 9.59 Å². The quantitative estimate of drug-likeness (QED) is 0.791. The predicted molar refractivity (Wildman–Crippen MR) is 105 cm³/mol. The minimum absolute atomic E-state index is 0.0300. The Morgan fingerprint density at radius 3 is 2.31 bits per heavy atom. The summed E-state index contributed by atoms with van der Waals surface area (Å²) in [6.07, 6.45) is 0.878. The van der Waals surface area contributed by atoms with Crippen molar-refractivity contribution >= 4 is 11.8 Å². The van der Waals surface area contributed by atoms with Gasteiger partial charge in [-0.25, -0.2) is 0 Å². The highest BCUT2D eigenvalue weighted by Gasteiger charge is 2.28. The zero-order chi connectivity index (χ0) is 18.9. The number of rotatable bonds is 8. The summed E-state index contributed by atoms with van der Waals surface area (Å²) >= 11 is 0. The van der Waals surface area contributed by atoms with E-state index in [1.165, 1.54) is 0 Å². The molecule has 0 spiro atoms. The van der Waals surface area contributed by atoms with Gasteiger partial charge >= 0.3 is 0 Å². The van der Waals surface area contributed by atoms with Crippen LogP contribution in [0.3, 0.4) is 0 Å². The maximum atomic E-state index is 13.1. The Morgan fingerprint density at radius 1 is 1.00 bits per heavy atom. The first-order valence-corrected chi connectivity index (χ1v) is 9.21. The van der Waals surface area contributed by atoms with Gasteiger partial charge in [0.25, 0.3) is 0 Å². The summed E-state index contributed by atoms with van der Waals surface area (Å²) < 4.78 is 0. The van der Waals surface area contributed by atoms with E-state index in [4.69, 9.17) is 0 Å². The fraction of sp³-hybridized carbons (Fsp3) is 0.364. The molecule has 0 unspecified atom stereocenters. The molecule has 2 rings (SSSR count). The molecule has 138 valence electrons. The van der Waals surface area contributed by atoms with E-state index < -0.39 is 6.04 Å². The van der Waals surface area contributed by atoms with Gasteiger partial charge in [-0.2, -0.15) is 0 Å². The molecule has 4 nitrogen and oxygen atoms in total. The van der Waals surface area contributed by atoms with Crippen LogP contribution in [-0.2, 0) is 22.6 Å². The number of amides is 2. The maximum absolute atomic E-state index is 13.1. The summed E-state index contributed by atoms with van der Waals surface area (Å²) in [7, 11) is 0. The number of aryl methyl sites for hydroxylation is 1. The second kappa shape index (κ2) is 9.76. The predicted octanol–water partition coefficient (Wildman–Crippen LogP) is 3.48. The minimum atomic E-state index is -0.465. The van der Waals surface area contributed by atoms with Crippen molar-refractivity contribution in [1.29, 1.82) is 0 Å². The number of likely N-dealkylation sites (N-methyl/N-ethyl adjacent to an activating group) is 1. The molecule has 2 amide bonds. The third-order valence-electron chi connectivity index (χ3n) is 4.37. The molecule has 0 heterocycles. The first kappa shape index (κ1) is 19.7. The molecule has 0 fully saturated rings. The summed E-state index contributed by atoms with van der Waals surface area (Å²) in [5, 5.41) is 2.86. The molecule has 0 aliphatic heterocycles. The van der Waals surface area contributed by atoms with Crippen LogP contribution in [0.15, 0.2) is 54.6 Å². The first-order chi connectivity index (χ1) is 12.5. The second-order valence-corrected chi connectivity index (χ2v) is 6.49. The molecule has 0 aliphatic carbocycles. The third kappa shape index (κ3) is 5.45. The van der Waals surface area contributed by atoms with Gasteiger partial charge in [0.15, 0.2) is 0 Å². The molecule has 1 N–H and O–H groups in total. The molecule has 0 bridgehead atoms. The SMILES string of the molecule is CCNC(=O)[C@@H](CC)N(Cc1ccccc1)C(=O)Cc1cccc(C)c1. The average molecular weight is 352 g/mol. The van der Waals surface area contributed by atoms with Gasteiger partial charge in [-0.3, -0.25) is 9.59 Å². The summed E-state index contributed by atoms with van der Waals surface area (Å²) in [5.74, 6) is -0.124. The van der Waals surface area contributed by atoms with E-state index in [2.05, 4.69) is 5.32 Å². The molecule has 1 atom stereocenters. The lowest BCUT2D eigenvalue weighted by Gasteiger charge is -2.30. The van der Waals surface area contributed by atoms with Crippen LogP contribution in [0.25, 0.3) is 0 Å². The lowest BCUT2D eigenvalue weighted by Crippen LogP contribution is -2.49. The van der Waals surface area contributed by atoms with Crippen LogP contribution in [-0.4, -0.2) is 29.3 Å². The van der Waals surface area contributed by atoms with Gasteiger partial charge in [-0.1, -0.05) is 67.1 Å². The summed E-state index contributed by atoms with van der Waals surface area (Å²) in [4.78, 5) is 27.3. The van der Waals surface area contributed by atoms with Crippen LogP contribution in [0.4, 0.5) is 0 Å². The number of nitrogens with zero attached hydrogens (tertiary/aromatic N) is 1. The largest absolute Gasteiger partial charge is 0.355 e. The van der Waals surface area contributed by atoms with Crippen molar-refractivity contribution in [3.63, 3.8) is 0 Å². The Hall–Kier alpha value is -2.62. The zero-order valence-corrected chi connectivity index (χ0v) is 15.9. The van der Waals surface area contributed by atoms with E-state index in [0.29, 0.717) is 25.9 Å². The van der Waals surface area contributed by atoms with Crippen molar-refractivity contribution in [3.8, 4) is 0 Å². The lowest BCUT2D eigenvalue weighted by molar-refractivity contribution is -0.140. The van der Waals surface area contributed by atoms with E-state index in [1.807, 2.05) is 75.4 Å². The van der Waals surface area contributed by atoms with Crippen molar-refractivity contribution in [2.45, 2.75) is 46.2 Å². The van der Waals surface area contributed by atoms with E-state index >= 15 is 0 Å². The van der Waals surface area contributed by atoms with Crippen molar-refractivity contribution in [3.05, 3.63) is 71.3 Å². The van der Waals surface area contributed by atoms with Crippen LogP contribution in [0.1, 0.15) is 37.0 Å². The summed E-state index contributed by atoms with van der Waals surface area (Å²) in [6, 6.07) is 17.3. The highest BCUT2D eigenvalue weighted by molar-refractivity contribution is 5.88. The first-order valence-electron chi connectivity index (χ1n) is 9.21. The molecule has 0 saturated carbocycles. The van der Waals surface area contributed by atoms with Crippen molar-refractivity contribution in [2.24, 2.45) is 0 Å². The van der Waals surface area contributed by atoms with Crippen LogP contribution < -0.4 is 5.32 Å². The van der Waals surface area contributed by atoms with Crippen molar-refractivity contribution < 1.29 is 9.59 Å². The normalized spacial score (nSPS) is 11.7. The Balaban J connectivity index is 2.25. The molecular formula is C22H28N2O2. The average Bonchev–Trinajstić information content (AvgIpc) is 2.62. The van der Waals surface area contributed by atoms with Gasteiger partial charge in [-0.15, -0.1) is 0 Å². The summed E-state index contributed by atoms with van der Waals surface area (Å²) in [5.41, 5.74) is 3.12. The van der Waals surface area contributed by atoms with Crippen molar-refractivity contribution in [1.82, 2.24) is 10.2 Å². The fourth-order valence-electron chi connectivity index (χ4n) is 3.09. The van der Waals surface area contributed by atoms with Crippen LogP contribution >= 0.6 is 0 Å². The van der Waals surface area contributed by atoms with Crippen molar-refractivity contribution in [2.75, 3.05) is 6.54 Å². The monoisotopic (exact) mass is 352 g/mol. The number of benzene rings is 2. The number of carbonyl (C=O) groups is 2. The molecule has 0 aliphatic rings. The summed E-state index contributed by atoms with van der Waals surface area (Å²) in [6.45, 7) is 6.83. The minimum Gasteiger partial charge on any atom is -0.355 e. The van der Waals surface area contributed by atoms with Gasteiger partial charge in [-0.05, 0) is 31.4 Å². The van der Waals surface area contributed by atoms with Gasteiger partial charge in [0.1, 0.15) is 6.04 Å². The smallest absolute Gasteiger partial charge is 0.242 e. The molecule has 2 aromatic rings. The molecule has 26 heavy (non-hydrogen) atoms. The highest BCUT2D eigenvalue weighted by atomic mass is 16.2. The molecular weight excluding hydrogens is 324 g/mol. The third-order valence-corrected chi connectivity index (χ3v) is 4.37. The topological polar surface area (TPSA) is 49.4 Å². The highest BCUT2D eigenvalue weighted by Crippen LogP contribution is 2.15. The molecule has 0 radical (unpaired) electrons. The van der Waals surface area contributed by atoms with Gasteiger partial charge < -0.3 is 10.2 Å². The Morgan fingerprint density at radius 2 is 1.69 bits per heavy atom. The molecule has 0 aromatic heterocycles. The number of nitrogens with one attached hydrogen (secondary N) is 1. The fourth-order valence-corrected chi connectivity index (χ4v) is 3.09. The number of hydrogen-bond donors (Lipinski definition) is 1. The standard InChI is InChI=1S/C22H28N2O2/c1-4-20(22(26)23-5-2)24(16-18-11-7-6-8-12-18)21(25)15-19-13-9-10-17(3)14-19/h6-14,20H,4-5,15-16H2,1-3H3,(H,23,26)/t20-/m1/s1. The van der Waals surface area contributed by atoms with Gasteiger partial charge in [0.2, 0.25) is 11.8 Å². The Labute approximate surface area is 156 Å². The Bertz CT molecular complexity index is 728. The zero-order valence-electron chi connectivity index (χ0n) is 15.9. The van der Waals surface area contributed by atoms with Gasteiger partial charge in [0, 0.05) is 13.1 Å². The molecule has 4 heteroatoms. The van der Waals surface area contributed by atoms with E-state index in [-0.39, 0.29) is 11.8 Å². The van der Waals surface area contributed by atoms with Gasteiger partial charge in [0.05, 0.1) is 6.42 Å². The Kier molecular flexibility index (Phi) is 7.39. The second-order valence-electron chi connectivity index (χ2n) is 6.49. The van der Waals surface area contributed by atoms with Crippen LogP contribution in [0.5, 0.6) is 0 Å². The van der Waals surface area contributed by atoms with Crippen LogP contribution in [0, 0.1) is 6.92 Å².